The Kier molecular flexibility index (Phi) is 41.9. The van der Waals surface area contributed by atoms with Crippen LogP contribution in [-0.4, -0.2) is 24.8 Å². The maximum Gasteiger partial charge on any atom is 4.00 e. The van der Waals surface area contributed by atoms with E-state index in [-0.39, 0.29) is 58.0 Å². The van der Waals surface area contributed by atoms with Gasteiger partial charge in [-0.05, 0) is 26.0 Å². The number of hydrogen-bond donors (Lipinski definition) is 0. The molecule has 0 aromatic carbocycles. The summed E-state index contributed by atoms with van der Waals surface area (Å²) in [6.07, 6.45) is 2.11. The molecule has 21 heavy (non-hydrogen) atoms. The van der Waals surface area contributed by atoms with E-state index in [9.17, 15) is 19.8 Å². The summed E-state index contributed by atoms with van der Waals surface area (Å²) >= 11 is 0. The van der Waals surface area contributed by atoms with Crippen LogP contribution in [0.3, 0.4) is 0 Å². The molecule has 0 fully saturated rings. The third-order valence-corrected chi connectivity index (χ3v) is 0.813. The molecule has 0 aromatic heterocycles. The maximum absolute atomic E-state index is 9.98. The molecule has 7 heteroatoms. The Labute approximate surface area is 142 Å². The molecule has 0 atom stereocenters. The SMILES string of the molecule is CC(=O)/C=C(/C)[O-].CC(=O)/C=C(\C)[O-].CC[O-].CC[O-].[Ti+4]. The molecule has 0 saturated carbocycles. The second-order valence-electron chi connectivity index (χ2n) is 3.31. The Morgan fingerprint density at radius 2 is 0.905 bits per heavy atom. The summed E-state index contributed by atoms with van der Waals surface area (Å²) in [7, 11) is 0. The molecule has 0 aliphatic carbocycles. The van der Waals surface area contributed by atoms with Crippen molar-refractivity contribution in [3.8, 4) is 0 Å². The molecule has 0 unspecified atom stereocenters. The van der Waals surface area contributed by atoms with E-state index in [4.69, 9.17) is 10.2 Å². The van der Waals surface area contributed by atoms with Gasteiger partial charge in [0.05, 0.1) is 0 Å². The first-order chi connectivity index (χ1) is 9.08. The minimum atomic E-state index is -0.187. The van der Waals surface area contributed by atoms with Crippen LogP contribution >= 0.6 is 0 Å². The maximum atomic E-state index is 9.98. The average Bonchev–Trinajstić information content (AvgIpc) is 2.15. The van der Waals surface area contributed by atoms with Crippen molar-refractivity contribution >= 4 is 11.6 Å². The van der Waals surface area contributed by atoms with Crippen LogP contribution in [0.2, 0.25) is 0 Å². The molecule has 6 nitrogen and oxygen atoms in total. The van der Waals surface area contributed by atoms with Crippen LogP contribution in [-0.2, 0) is 31.3 Å². The number of hydrogen-bond acceptors (Lipinski definition) is 6. The molecule has 0 N–H and O–H groups in total. The van der Waals surface area contributed by atoms with Crippen molar-refractivity contribution < 1.29 is 51.7 Å². The zero-order valence-electron chi connectivity index (χ0n) is 13.5. The van der Waals surface area contributed by atoms with Crippen LogP contribution in [0.1, 0.15) is 41.5 Å². The standard InChI is InChI=1S/2C5H8O2.2C2H5O.Ti/c2*1-4(6)3-5(2)7;2*1-2-3;/h2*3,6H,1-2H3;2*2H2,1H3;/q;;2*-1;+4/p-2/b4-3+;4-3-;;;. The molecule has 0 spiro atoms. The van der Waals surface area contributed by atoms with Gasteiger partial charge >= 0.3 is 21.7 Å². The summed E-state index contributed by atoms with van der Waals surface area (Å²) in [5.41, 5.74) is 0. The van der Waals surface area contributed by atoms with E-state index in [1.54, 1.807) is 13.8 Å². The normalized spacial score (nSPS) is 9.33. The van der Waals surface area contributed by atoms with Crippen molar-refractivity contribution in [3.05, 3.63) is 23.7 Å². The molecule has 0 aromatic rings. The second-order valence-corrected chi connectivity index (χ2v) is 3.31. The van der Waals surface area contributed by atoms with Gasteiger partial charge in [-0.1, -0.05) is 27.7 Å². The Balaban J connectivity index is -0.0000000576. The molecule has 120 valence electrons. The van der Waals surface area contributed by atoms with Gasteiger partial charge in [0.2, 0.25) is 0 Å². The van der Waals surface area contributed by atoms with Crippen LogP contribution in [0.4, 0.5) is 0 Å². The average molecular weight is 336 g/mol. The number of rotatable bonds is 2. The zero-order chi connectivity index (χ0) is 17.1. The molecule has 0 rings (SSSR count). The van der Waals surface area contributed by atoms with Crippen LogP contribution in [0, 0.1) is 0 Å². The zero-order valence-corrected chi connectivity index (χ0v) is 15.1. The second kappa shape index (κ2) is 27.4. The Morgan fingerprint density at radius 3 is 0.905 bits per heavy atom. The van der Waals surface area contributed by atoms with Crippen LogP contribution in [0.15, 0.2) is 23.7 Å². The topological polar surface area (TPSA) is 126 Å². The Morgan fingerprint density at radius 1 is 0.762 bits per heavy atom. The van der Waals surface area contributed by atoms with E-state index in [2.05, 4.69) is 0 Å². The monoisotopic (exact) mass is 336 g/mol. The van der Waals surface area contributed by atoms with Gasteiger partial charge in [0, 0.05) is 0 Å². The number of carbonyl (C=O) groups is 2. The van der Waals surface area contributed by atoms with Crippen molar-refractivity contribution in [3.63, 3.8) is 0 Å². The Hall–Kier alpha value is -0.946. The fraction of sp³-hybridized carbons (Fsp3) is 0.571. The minimum absolute atomic E-state index is 0. The molecule has 0 amide bonds. The molecule has 0 radical (unpaired) electrons. The van der Waals surface area contributed by atoms with Crippen LogP contribution in [0.25, 0.3) is 0 Å². The first kappa shape index (κ1) is 32.1. The third kappa shape index (κ3) is 111. The van der Waals surface area contributed by atoms with Gasteiger partial charge in [-0.15, -0.1) is 24.7 Å². The minimum Gasteiger partial charge on any atom is -0.876 e. The smallest absolute Gasteiger partial charge is 0.876 e. The molecule has 0 heterocycles. The van der Waals surface area contributed by atoms with E-state index in [0.29, 0.717) is 0 Å². The first-order valence-corrected chi connectivity index (χ1v) is 5.96. The van der Waals surface area contributed by atoms with E-state index < -0.39 is 0 Å². The van der Waals surface area contributed by atoms with Gasteiger partial charge in [0.15, 0.2) is 11.6 Å². The molecule has 0 bridgehead atoms. The number of ketones is 2. The summed E-state index contributed by atoms with van der Waals surface area (Å²) in [4.78, 5) is 20.0. The number of carbonyl (C=O) groups excluding carboxylic acids is 2. The van der Waals surface area contributed by atoms with Gasteiger partial charge in [0.25, 0.3) is 0 Å². The molecule has 0 aliphatic rings. The Bertz CT molecular complexity index is 260. The summed E-state index contributed by atoms with van der Waals surface area (Å²) in [5, 5.41) is 37.8. The quantitative estimate of drug-likeness (QED) is 0.340. The van der Waals surface area contributed by atoms with Crippen molar-refractivity contribution in [2.24, 2.45) is 0 Å². The number of allylic oxidation sites excluding steroid dienone is 4. The third-order valence-electron chi connectivity index (χ3n) is 0.813. The van der Waals surface area contributed by atoms with Crippen molar-refractivity contribution in [2.45, 2.75) is 41.5 Å². The molecular formula is C14H24O6Ti. The summed E-state index contributed by atoms with van der Waals surface area (Å²) < 4.78 is 0. The van der Waals surface area contributed by atoms with Gasteiger partial charge in [-0.25, -0.2) is 0 Å². The summed E-state index contributed by atoms with van der Waals surface area (Å²) in [5.74, 6) is -0.750. The predicted molar refractivity (Wildman–Crippen MR) is 70.0 cm³/mol. The van der Waals surface area contributed by atoms with E-state index >= 15 is 0 Å². The molecular weight excluding hydrogens is 312 g/mol. The molecule has 0 aliphatic heterocycles. The van der Waals surface area contributed by atoms with Gasteiger partial charge < -0.3 is 20.4 Å². The van der Waals surface area contributed by atoms with Crippen LogP contribution < -0.4 is 20.4 Å². The van der Waals surface area contributed by atoms with E-state index in [1.165, 1.54) is 27.7 Å². The fourth-order valence-electron chi connectivity index (χ4n) is 0.572. The first-order valence-electron chi connectivity index (χ1n) is 5.96. The summed E-state index contributed by atoms with van der Waals surface area (Å²) in [6, 6.07) is 0. The summed E-state index contributed by atoms with van der Waals surface area (Å²) in [6.45, 7) is 8.53. The van der Waals surface area contributed by atoms with Crippen molar-refractivity contribution in [1.82, 2.24) is 0 Å². The molecule has 0 saturated heterocycles. The van der Waals surface area contributed by atoms with Crippen molar-refractivity contribution in [2.75, 3.05) is 13.2 Å². The largest absolute Gasteiger partial charge is 4.00 e. The van der Waals surface area contributed by atoms with E-state index in [1.807, 2.05) is 0 Å². The predicted octanol–water partition coefficient (Wildman–Crippen LogP) is -1.59. The van der Waals surface area contributed by atoms with Gasteiger partial charge in [-0.3, -0.25) is 9.59 Å². The van der Waals surface area contributed by atoms with E-state index in [0.717, 1.165) is 12.2 Å². The fourth-order valence-corrected chi connectivity index (χ4v) is 0.572. The van der Waals surface area contributed by atoms with Crippen LogP contribution in [0.5, 0.6) is 0 Å². The van der Waals surface area contributed by atoms with Gasteiger partial charge in [-0.2, -0.15) is 0 Å². The van der Waals surface area contributed by atoms with Gasteiger partial charge in [0.1, 0.15) is 0 Å². The van der Waals surface area contributed by atoms with Crippen molar-refractivity contribution in [1.29, 1.82) is 0 Å².